The van der Waals surface area contributed by atoms with Crippen molar-refractivity contribution in [1.29, 1.82) is 0 Å². The van der Waals surface area contributed by atoms with Crippen molar-refractivity contribution in [1.82, 2.24) is 0 Å². The summed E-state index contributed by atoms with van der Waals surface area (Å²) in [7, 11) is -10.5. The molecule has 0 spiro atoms. The first-order chi connectivity index (χ1) is 4.50. The monoisotopic (exact) mass is 327 g/mol. The van der Waals surface area contributed by atoms with Crippen molar-refractivity contribution in [2.24, 2.45) is 0 Å². The van der Waals surface area contributed by atoms with Crippen LogP contribution in [-0.2, 0) is 20.2 Å². The van der Waals surface area contributed by atoms with Crippen molar-refractivity contribution >= 4 is 44.7 Å². The van der Waals surface area contributed by atoms with Gasteiger partial charge in [0.25, 0.3) is 0 Å². The van der Waals surface area contributed by atoms with Crippen LogP contribution in [0.4, 0.5) is 0 Å². The van der Waals surface area contributed by atoms with Crippen LogP contribution in [0.1, 0.15) is 6.92 Å². The van der Waals surface area contributed by atoms with Crippen molar-refractivity contribution in [3.05, 3.63) is 0 Å². The van der Waals surface area contributed by atoms with Crippen LogP contribution < -0.4 is 0 Å². The van der Waals surface area contributed by atoms with E-state index in [9.17, 15) is 16.8 Å². The third-order valence-corrected chi connectivity index (χ3v) is 4.14. The number of rotatable bonds is 2. The summed E-state index contributed by atoms with van der Waals surface area (Å²) in [5.41, 5.74) is 0. The second kappa shape index (κ2) is 3.77. The van der Waals surface area contributed by atoms with Gasteiger partial charge in [0.15, 0.2) is 0 Å². The van der Waals surface area contributed by atoms with Crippen molar-refractivity contribution in [2.75, 3.05) is 0 Å². The Hall–Kier alpha value is 0.598. The van der Waals surface area contributed by atoms with Gasteiger partial charge in [-0.3, -0.25) is 9.11 Å². The SMILES string of the molecule is CC(O)(S(=O)(=O)O)S(=O)(=O)O.[Sb]. The van der Waals surface area contributed by atoms with Crippen LogP contribution in [0.2, 0.25) is 0 Å². The molecular formula is C2H6O7S2Sb. The van der Waals surface area contributed by atoms with Gasteiger partial charge in [-0.15, -0.1) is 0 Å². The standard InChI is InChI=1S/C2H6O7S2.Sb/c1-2(3,10(4,5)6)11(7,8)9;/h3H,1H3,(H,4,5,6)(H,7,8,9);. The Kier molecular flexibility index (Phi) is 4.74. The molecule has 0 fully saturated rings. The van der Waals surface area contributed by atoms with Crippen LogP contribution in [0, 0.1) is 0 Å². The average molecular weight is 328 g/mol. The second-order valence-corrected chi connectivity index (χ2v) is 5.60. The Morgan fingerprint density at radius 1 is 1.00 bits per heavy atom. The fraction of sp³-hybridized carbons (Fsp3) is 1.00. The van der Waals surface area contributed by atoms with Crippen LogP contribution in [0.5, 0.6) is 0 Å². The molecule has 0 unspecified atom stereocenters. The Labute approximate surface area is 86.7 Å². The number of hydrogen-bond acceptors (Lipinski definition) is 5. The third-order valence-electron chi connectivity index (χ3n) is 0.957. The van der Waals surface area contributed by atoms with Crippen LogP contribution in [0.3, 0.4) is 0 Å². The van der Waals surface area contributed by atoms with Crippen molar-refractivity contribution in [3.8, 4) is 0 Å². The molecule has 0 aromatic carbocycles. The molecule has 7 nitrogen and oxygen atoms in total. The molecule has 0 heterocycles. The molecule has 0 rings (SSSR count). The molecule has 0 atom stereocenters. The van der Waals surface area contributed by atoms with Gasteiger partial charge in [0.2, 0.25) is 0 Å². The molecule has 0 aromatic rings. The molecule has 0 aromatic heterocycles. The fourth-order valence-electron chi connectivity index (χ4n) is 0.133. The van der Waals surface area contributed by atoms with E-state index in [-0.39, 0.29) is 31.4 Å². The number of aliphatic hydroxyl groups is 1. The minimum atomic E-state index is -5.24. The van der Waals surface area contributed by atoms with Gasteiger partial charge in [0, 0.05) is 24.4 Å². The zero-order chi connectivity index (χ0) is 9.50. The predicted octanol–water partition coefficient (Wildman–Crippen LogP) is -1.95. The normalized spacial score (nSPS) is 13.7. The van der Waals surface area contributed by atoms with E-state index in [0.29, 0.717) is 0 Å². The van der Waals surface area contributed by atoms with E-state index in [2.05, 4.69) is 0 Å². The van der Waals surface area contributed by atoms with E-state index in [1.54, 1.807) is 0 Å². The minimum Gasteiger partial charge on any atom is -0.359 e. The largest absolute Gasteiger partial charge is 0.359 e. The maximum absolute atomic E-state index is 10.1. The zero-order valence-electron chi connectivity index (χ0n) is 5.74. The van der Waals surface area contributed by atoms with Gasteiger partial charge in [0.1, 0.15) is 0 Å². The van der Waals surface area contributed by atoms with Gasteiger partial charge in [-0.1, -0.05) is 0 Å². The second-order valence-electron chi connectivity index (χ2n) is 1.85. The summed E-state index contributed by atoms with van der Waals surface area (Å²) in [6, 6.07) is 0. The van der Waals surface area contributed by atoms with Crippen LogP contribution >= 0.6 is 0 Å². The first kappa shape index (κ1) is 15.1. The predicted molar refractivity (Wildman–Crippen MR) is 39.5 cm³/mol. The van der Waals surface area contributed by atoms with E-state index in [1.807, 2.05) is 0 Å². The Morgan fingerprint density at radius 3 is 1.17 bits per heavy atom. The molecule has 3 radical (unpaired) electrons. The molecule has 12 heavy (non-hydrogen) atoms. The van der Waals surface area contributed by atoms with Gasteiger partial charge < -0.3 is 5.11 Å². The van der Waals surface area contributed by atoms with Crippen LogP contribution in [0.25, 0.3) is 0 Å². The van der Waals surface area contributed by atoms with Crippen molar-refractivity contribution < 1.29 is 31.0 Å². The molecule has 3 N–H and O–H groups in total. The van der Waals surface area contributed by atoms with Gasteiger partial charge >= 0.3 is 24.5 Å². The van der Waals surface area contributed by atoms with E-state index in [4.69, 9.17) is 14.2 Å². The molecule has 0 amide bonds. The summed E-state index contributed by atoms with van der Waals surface area (Å²) < 4.78 is 52.8. The van der Waals surface area contributed by atoms with Crippen LogP contribution in [-0.4, -0.2) is 59.7 Å². The molecule has 0 saturated carbocycles. The smallest absolute Gasteiger partial charge is 0.315 e. The Balaban J connectivity index is 0. The summed E-state index contributed by atoms with van der Waals surface area (Å²) in [6.07, 6.45) is 0. The maximum Gasteiger partial charge on any atom is 0.315 e. The molecule has 0 aliphatic rings. The van der Waals surface area contributed by atoms with Gasteiger partial charge in [0.05, 0.1) is 0 Å². The summed E-state index contributed by atoms with van der Waals surface area (Å²) in [6.45, 7) is 0.234. The van der Waals surface area contributed by atoms with E-state index < -0.39 is 24.5 Å². The van der Waals surface area contributed by atoms with E-state index in [1.165, 1.54) is 0 Å². The first-order valence-corrected chi connectivity index (χ1v) is 5.04. The molecule has 0 aliphatic carbocycles. The quantitative estimate of drug-likeness (QED) is 0.397. The summed E-state index contributed by atoms with van der Waals surface area (Å²) in [4.78, 5) is 0. The van der Waals surface area contributed by atoms with Gasteiger partial charge in [-0.2, -0.15) is 16.8 Å². The molecule has 0 saturated heterocycles. The topological polar surface area (TPSA) is 129 Å². The minimum absolute atomic E-state index is 0. The van der Waals surface area contributed by atoms with Gasteiger partial charge in [-0.05, 0) is 6.92 Å². The molecule has 0 aliphatic heterocycles. The Bertz CT molecular complexity index is 302. The summed E-state index contributed by atoms with van der Waals surface area (Å²) in [5, 5.41) is 8.51. The zero-order valence-corrected chi connectivity index (χ0v) is 9.92. The Morgan fingerprint density at radius 2 is 1.17 bits per heavy atom. The molecule has 0 bridgehead atoms. The fourth-order valence-corrected chi connectivity index (χ4v) is 1.20. The van der Waals surface area contributed by atoms with Gasteiger partial charge in [-0.25, -0.2) is 0 Å². The molecular weight excluding hydrogens is 322 g/mol. The summed E-state index contributed by atoms with van der Waals surface area (Å²) >= 11 is 0. The summed E-state index contributed by atoms with van der Waals surface area (Å²) in [5.74, 6) is 0. The molecule has 10 heteroatoms. The maximum atomic E-state index is 10.1. The van der Waals surface area contributed by atoms with Crippen LogP contribution in [0.15, 0.2) is 0 Å². The molecule has 73 valence electrons. The van der Waals surface area contributed by atoms with Crippen molar-refractivity contribution in [3.63, 3.8) is 0 Å². The van der Waals surface area contributed by atoms with E-state index in [0.717, 1.165) is 0 Å². The average Bonchev–Trinajstić information content (AvgIpc) is 1.58. The third kappa shape index (κ3) is 2.82. The van der Waals surface area contributed by atoms with E-state index >= 15 is 0 Å². The first-order valence-electron chi connectivity index (χ1n) is 2.16. The van der Waals surface area contributed by atoms with Crippen molar-refractivity contribution in [2.45, 2.75) is 11.2 Å². The number of hydrogen-bond donors (Lipinski definition) is 3.